The summed E-state index contributed by atoms with van der Waals surface area (Å²) in [6, 6.07) is 1.62. The molecule has 0 aromatic carbocycles. The van der Waals surface area contributed by atoms with Gasteiger partial charge in [0, 0.05) is 18.4 Å². The van der Waals surface area contributed by atoms with Gasteiger partial charge in [0.15, 0.2) is 0 Å². The van der Waals surface area contributed by atoms with Crippen molar-refractivity contribution in [1.29, 1.82) is 0 Å². The topological polar surface area (TPSA) is 63.2 Å². The van der Waals surface area contributed by atoms with Crippen LogP contribution >= 0.6 is 0 Å². The first-order valence-electron chi connectivity index (χ1n) is 5.75. The second-order valence-corrected chi connectivity index (χ2v) is 6.38. The van der Waals surface area contributed by atoms with Gasteiger partial charge in [-0.2, -0.15) is 4.31 Å². The van der Waals surface area contributed by atoms with Crippen LogP contribution in [0.3, 0.4) is 0 Å². The minimum atomic E-state index is -3.18. The van der Waals surface area contributed by atoms with Crippen molar-refractivity contribution in [3.63, 3.8) is 0 Å². The van der Waals surface area contributed by atoms with E-state index < -0.39 is 10.0 Å². The lowest BCUT2D eigenvalue weighted by molar-refractivity contribution is 0.248. The summed E-state index contributed by atoms with van der Waals surface area (Å²) in [5.41, 5.74) is 0.869. The third kappa shape index (κ3) is 2.81. The summed E-state index contributed by atoms with van der Waals surface area (Å²) in [6.45, 7) is 2.46. The second-order valence-electron chi connectivity index (χ2n) is 4.44. The molecular weight excluding hydrogens is 238 g/mol. The number of nitrogens with zero attached hydrogens (tertiary/aromatic N) is 3. The second kappa shape index (κ2) is 4.70. The Morgan fingerprint density at radius 2 is 2.18 bits per heavy atom. The molecule has 2 rings (SSSR count). The predicted molar refractivity (Wildman–Crippen MR) is 64.9 cm³/mol. The Balaban J connectivity index is 2.34. The summed E-state index contributed by atoms with van der Waals surface area (Å²) >= 11 is 0. The summed E-state index contributed by atoms with van der Waals surface area (Å²) in [5, 5.41) is 0. The SMILES string of the molecule is Cc1ccnc(C2CCCCN2S(C)(=O)=O)n1. The van der Waals surface area contributed by atoms with E-state index in [1.54, 1.807) is 6.20 Å². The van der Waals surface area contributed by atoms with Gasteiger partial charge in [0.25, 0.3) is 0 Å². The molecule has 0 bridgehead atoms. The summed E-state index contributed by atoms with van der Waals surface area (Å²) < 4.78 is 25.0. The third-order valence-corrected chi connectivity index (χ3v) is 4.28. The molecule has 1 aromatic rings. The van der Waals surface area contributed by atoms with Gasteiger partial charge >= 0.3 is 0 Å². The molecule has 1 aliphatic rings. The van der Waals surface area contributed by atoms with E-state index in [1.807, 2.05) is 13.0 Å². The van der Waals surface area contributed by atoms with Gasteiger partial charge in [-0.15, -0.1) is 0 Å². The number of hydrogen-bond acceptors (Lipinski definition) is 4. The maximum atomic E-state index is 11.7. The Morgan fingerprint density at radius 1 is 1.41 bits per heavy atom. The molecule has 1 aromatic heterocycles. The van der Waals surface area contributed by atoms with E-state index in [-0.39, 0.29) is 6.04 Å². The molecule has 0 saturated carbocycles. The zero-order chi connectivity index (χ0) is 12.5. The molecule has 1 atom stereocenters. The van der Waals surface area contributed by atoms with Gasteiger partial charge in [-0.05, 0) is 25.8 Å². The maximum Gasteiger partial charge on any atom is 0.211 e. The van der Waals surface area contributed by atoms with Crippen LogP contribution < -0.4 is 0 Å². The van der Waals surface area contributed by atoms with Crippen molar-refractivity contribution in [2.75, 3.05) is 12.8 Å². The van der Waals surface area contributed by atoms with Crippen molar-refractivity contribution in [3.8, 4) is 0 Å². The summed E-state index contributed by atoms with van der Waals surface area (Å²) in [5.74, 6) is 0.620. The van der Waals surface area contributed by atoms with Crippen LogP contribution in [0.5, 0.6) is 0 Å². The highest BCUT2D eigenvalue weighted by molar-refractivity contribution is 7.88. The highest BCUT2D eigenvalue weighted by Crippen LogP contribution is 2.30. The average molecular weight is 255 g/mol. The average Bonchev–Trinajstić information content (AvgIpc) is 2.28. The van der Waals surface area contributed by atoms with E-state index in [0.717, 1.165) is 25.0 Å². The molecule has 6 heteroatoms. The number of piperidine rings is 1. The van der Waals surface area contributed by atoms with Crippen LogP contribution in [-0.4, -0.2) is 35.5 Å². The molecule has 0 amide bonds. The predicted octanol–water partition coefficient (Wildman–Crippen LogP) is 1.27. The van der Waals surface area contributed by atoms with Gasteiger partial charge in [0.05, 0.1) is 12.3 Å². The fourth-order valence-corrected chi connectivity index (χ4v) is 3.31. The molecule has 5 nitrogen and oxygen atoms in total. The lowest BCUT2D eigenvalue weighted by Gasteiger charge is -2.32. The maximum absolute atomic E-state index is 11.7. The quantitative estimate of drug-likeness (QED) is 0.798. The van der Waals surface area contributed by atoms with Crippen molar-refractivity contribution in [2.45, 2.75) is 32.2 Å². The normalized spacial score (nSPS) is 22.6. The molecule has 94 valence electrons. The van der Waals surface area contributed by atoms with E-state index in [9.17, 15) is 8.42 Å². The van der Waals surface area contributed by atoms with Crippen LogP contribution in [0.15, 0.2) is 12.3 Å². The summed E-state index contributed by atoms with van der Waals surface area (Å²) in [6.07, 6.45) is 5.67. The van der Waals surface area contributed by atoms with Gasteiger partial charge in [0.2, 0.25) is 10.0 Å². The van der Waals surface area contributed by atoms with Crippen LogP contribution in [0.25, 0.3) is 0 Å². The molecule has 0 N–H and O–H groups in total. The molecule has 17 heavy (non-hydrogen) atoms. The van der Waals surface area contributed by atoms with E-state index >= 15 is 0 Å². The molecule has 0 aliphatic carbocycles. The van der Waals surface area contributed by atoms with Crippen LogP contribution in [0.2, 0.25) is 0 Å². The largest absolute Gasteiger partial charge is 0.240 e. The number of aryl methyl sites for hydroxylation is 1. The van der Waals surface area contributed by atoms with Crippen LogP contribution in [0, 0.1) is 6.92 Å². The molecule has 1 fully saturated rings. The molecule has 1 unspecified atom stereocenters. The van der Waals surface area contributed by atoms with E-state index in [1.165, 1.54) is 10.6 Å². The van der Waals surface area contributed by atoms with Crippen molar-refractivity contribution >= 4 is 10.0 Å². The van der Waals surface area contributed by atoms with Gasteiger partial charge in [-0.25, -0.2) is 18.4 Å². The zero-order valence-corrected chi connectivity index (χ0v) is 10.9. The fraction of sp³-hybridized carbons (Fsp3) is 0.636. The monoisotopic (exact) mass is 255 g/mol. The van der Waals surface area contributed by atoms with E-state index in [0.29, 0.717) is 12.4 Å². The molecule has 0 spiro atoms. The number of aromatic nitrogens is 2. The number of rotatable bonds is 2. The Hall–Kier alpha value is -1.01. The zero-order valence-electron chi connectivity index (χ0n) is 10.1. The van der Waals surface area contributed by atoms with Crippen molar-refractivity contribution < 1.29 is 8.42 Å². The smallest absolute Gasteiger partial charge is 0.211 e. The minimum absolute atomic E-state index is 0.196. The van der Waals surface area contributed by atoms with Crippen molar-refractivity contribution in [3.05, 3.63) is 23.8 Å². The Kier molecular flexibility index (Phi) is 3.44. The standard InChI is InChI=1S/C11H17N3O2S/c1-9-6-7-12-11(13-9)10-5-3-4-8-14(10)17(2,15)16/h6-7,10H,3-5,8H2,1-2H3. The van der Waals surface area contributed by atoms with Crippen LogP contribution in [0.1, 0.15) is 36.8 Å². The van der Waals surface area contributed by atoms with Gasteiger partial charge < -0.3 is 0 Å². The Bertz CT molecular complexity index is 501. The first-order valence-corrected chi connectivity index (χ1v) is 7.59. The molecular formula is C11H17N3O2S. The minimum Gasteiger partial charge on any atom is -0.240 e. The summed E-state index contributed by atoms with van der Waals surface area (Å²) in [7, 11) is -3.18. The van der Waals surface area contributed by atoms with E-state index in [2.05, 4.69) is 9.97 Å². The van der Waals surface area contributed by atoms with Crippen molar-refractivity contribution in [2.24, 2.45) is 0 Å². The van der Waals surface area contributed by atoms with Gasteiger partial charge in [-0.3, -0.25) is 0 Å². The highest BCUT2D eigenvalue weighted by Gasteiger charge is 2.32. The van der Waals surface area contributed by atoms with E-state index in [4.69, 9.17) is 0 Å². The Morgan fingerprint density at radius 3 is 2.82 bits per heavy atom. The molecule has 1 saturated heterocycles. The lowest BCUT2D eigenvalue weighted by atomic mass is 10.0. The first-order chi connectivity index (χ1) is 7.98. The fourth-order valence-electron chi connectivity index (χ4n) is 2.19. The van der Waals surface area contributed by atoms with Crippen LogP contribution in [-0.2, 0) is 10.0 Å². The van der Waals surface area contributed by atoms with Gasteiger partial charge in [0.1, 0.15) is 5.82 Å². The molecule has 2 heterocycles. The van der Waals surface area contributed by atoms with Crippen LogP contribution in [0.4, 0.5) is 0 Å². The first kappa shape index (κ1) is 12.4. The van der Waals surface area contributed by atoms with Crippen molar-refractivity contribution in [1.82, 2.24) is 14.3 Å². The number of sulfonamides is 1. The third-order valence-electron chi connectivity index (χ3n) is 2.99. The van der Waals surface area contributed by atoms with Gasteiger partial charge in [-0.1, -0.05) is 6.42 Å². The molecule has 0 radical (unpaired) electrons. The lowest BCUT2D eigenvalue weighted by Crippen LogP contribution is -2.38. The molecule has 1 aliphatic heterocycles. The number of hydrogen-bond donors (Lipinski definition) is 0. The highest BCUT2D eigenvalue weighted by atomic mass is 32.2. The summed E-state index contributed by atoms with van der Waals surface area (Å²) in [4.78, 5) is 8.55. The Labute approximate surface area is 102 Å².